The highest BCUT2D eigenvalue weighted by molar-refractivity contribution is 8.00. The number of ketones is 3. The Balaban J connectivity index is 1.09. The molecule has 384 valence electrons. The lowest BCUT2D eigenvalue weighted by molar-refractivity contribution is -0.245. The van der Waals surface area contributed by atoms with E-state index < -0.39 is 152 Å². The lowest BCUT2D eigenvalue weighted by Gasteiger charge is -2.43. The summed E-state index contributed by atoms with van der Waals surface area (Å²) in [6, 6.07) is 3.46. The van der Waals surface area contributed by atoms with Crippen LogP contribution < -0.4 is 10.5 Å². The van der Waals surface area contributed by atoms with E-state index >= 15 is 0 Å². The van der Waals surface area contributed by atoms with E-state index in [2.05, 4.69) is 9.73 Å². The number of fused-ring (bicyclic) bond motifs is 3. The first kappa shape index (κ1) is 54.9. The summed E-state index contributed by atoms with van der Waals surface area (Å²) in [5.74, 6) is -6.10. The Kier molecular flexibility index (Phi) is 16.7. The van der Waals surface area contributed by atoms with Crippen molar-refractivity contribution in [2.24, 2.45) is 10.7 Å². The number of benzene rings is 2. The zero-order valence-corrected chi connectivity index (χ0v) is 40.7. The third-order valence-corrected chi connectivity index (χ3v) is 17.9. The van der Waals surface area contributed by atoms with Crippen molar-refractivity contribution in [1.29, 1.82) is 0 Å². The van der Waals surface area contributed by atoms with Gasteiger partial charge in [-0.3, -0.25) is 47.8 Å². The predicted octanol–water partition coefficient (Wildman–Crippen LogP) is 0.826. The molecule has 6 rings (SSSR count). The Labute approximate surface area is 403 Å². The van der Waals surface area contributed by atoms with E-state index in [0.717, 1.165) is 16.7 Å². The molecule has 2 aliphatic heterocycles. The van der Waals surface area contributed by atoms with Crippen molar-refractivity contribution < 1.29 is 102 Å². The summed E-state index contributed by atoms with van der Waals surface area (Å²) in [6.07, 6.45) is -5.48. The van der Waals surface area contributed by atoms with E-state index in [0.29, 0.717) is 19.8 Å². The van der Waals surface area contributed by atoms with Gasteiger partial charge in [0.2, 0.25) is 17.6 Å². The van der Waals surface area contributed by atoms with Gasteiger partial charge in [0.15, 0.2) is 17.9 Å². The zero-order valence-electron chi connectivity index (χ0n) is 38.1. The van der Waals surface area contributed by atoms with Crippen molar-refractivity contribution >= 4 is 67.8 Å². The quantitative estimate of drug-likeness (QED) is 0.0187. The van der Waals surface area contributed by atoms with Crippen molar-refractivity contribution in [3.63, 3.8) is 0 Å². The van der Waals surface area contributed by atoms with Crippen molar-refractivity contribution in [3.8, 4) is 17.2 Å². The van der Waals surface area contributed by atoms with Gasteiger partial charge in [-0.05, 0) is 32.8 Å². The van der Waals surface area contributed by atoms with E-state index in [9.17, 15) is 83.0 Å². The number of methoxy groups -OCH3 is 1. The Bertz CT molecular complexity index is 2550. The predicted molar refractivity (Wildman–Crippen MR) is 243 cm³/mol. The summed E-state index contributed by atoms with van der Waals surface area (Å²) in [7, 11) is -9.96. The van der Waals surface area contributed by atoms with Gasteiger partial charge >= 0.3 is 26.2 Å². The number of esters is 1. The fourth-order valence-corrected chi connectivity index (χ4v) is 11.7. The molecule has 4 aliphatic rings. The number of amides is 2. The van der Waals surface area contributed by atoms with Crippen molar-refractivity contribution in [1.82, 2.24) is 4.90 Å². The van der Waals surface area contributed by atoms with Gasteiger partial charge in [-0.2, -0.15) is 0 Å². The highest BCUT2D eigenvalue weighted by Crippen LogP contribution is 2.69. The van der Waals surface area contributed by atoms with Crippen molar-refractivity contribution in [2.45, 2.75) is 118 Å². The number of Topliss-reactive ketones (excluding diaryl/α,β-unsaturated/α-hetero) is 1. The second kappa shape index (κ2) is 21.3. The Morgan fingerprint density at radius 1 is 1.00 bits per heavy atom. The highest BCUT2D eigenvalue weighted by atomic mass is 32.2. The molecule has 2 aliphatic carbocycles. The number of thioether (sulfide) groups is 1. The fourth-order valence-electron chi connectivity index (χ4n) is 8.84. The Morgan fingerprint density at radius 3 is 2.30 bits per heavy atom. The number of aromatic hydroxyl groups is 2. The fraction of sp³-hybridized carbons (Fsp3) is 0.558. The van der Waals surface area contributed by atoms with E-state index in [4.69, 9.17) is 19.9 Å². The van der Waals surface area contributed by atoms with Crippen LogP contribution in [0.25, 0.3) is 0 Å². The topological polar surface area (TPSA) is 397 Å². The Hall–Kier alpha value is -4.46. The molecule has 7 atom stereocenters. The maximum Gasteiger partial charge on any atom is 0.381 e. The van der Waals surface area contributed by atoms with Gasteiger partial charge in [0, 0.05) is 67.1 Å². The first-order chi connectivity index (χ1) is 32.7. The number of unbranched alkanes of at least 4 members (excludes halogenated alkanes) is 2. The van der Waals surface area contributed by atoms with Gasteiger partial charge in [0.1, 0.15) is 22.8 Å². The largest absolute Gasteiger partial charge is 0.507 e. The molecule has 70 heavy (non-hydrogen) atoms. The van der Waals surface area contributed by atoms with Gasteiger partial charge in [-0.25, -0.2) is 0 Å². The lowest BCUT2D eigenvalue weighted by Crippen LogP contribution is -2.53. The smallest absolute Gasteiger partial charge is 0.381 e. The number of ether oxygens (including phenoxy) is 4. The number of nitrogens with two attached hydrogens (primary N) is 1. The molecule has 2 aromatic rings. The molecule has 0 aromatic heterocycles. The van der Waals surface area contributed by atoms with Gasteiger partial charge in [0.25, 0.3) is 0 Å². The van der Waals surface area contributed by atoms with E-state index in [1.807, 2.05) is 0 Å². The van der Waals surface area contributed by atoms with Crippen LogP contribution in [0.15, 0.2) is 23.2 Å². The van der Waals surface area contributed by atoms with Crippen LogP contribution in [0, 0.1) is 0 Å². The summed E-state index contributed by atoms with van der Waals surface area (Å²) in [4.78, 5) is 122. The molecule has 2 heterocycles. The minimum absolute atomic E-state index is 0.00182. The summed E-state index contributed by atoms with van der Waals surface area (Å²) < 4.78 is 45.3. The molecule has 0 bridgehead atoms. The molecule has 2 aromatic carbocycles. The summed E-state index contributed by atoms with van der Waals surface area (Å²) in [5.41, 5.74) is 1.96. The van der Waals surface area contributed by atoms with E-state index in [1.165, 1.54) is 25.3 Å². The molecule has 0 spiro atoms. The van der Waals surface area contributed by atoms with Gasteiger partial charge in [0.05, 0.1) is 72.6 Å². The van der Waals surface area contributed by atoms with Crippen LogP contribution in [0.3, 0.4) is 0 Å². The van der Waals surface area contributed by atoms with Gasteiger partial charge in [-0.15, -0.1) is 11.8 Å². The third-order valence-electron chi connectivity index (χ3n) is 12.8. The SMILES string of the molecule is COc1cccc2c1C(=O)c1c(O)c3c(c(O)c1C2=O)CC(O)(C(CO)=NCC(=O)CCCCCN1C(=O)CC(SCCC(=O)OC(C)(P(=O)(O)O)P(=O)(O)O)C1=O)C[C@H]3O[C@@H]1CC(N)C(O)C(C)O1. The maximum atomic E-state index is 14.0. The number of hydrogen-bond acceptors (Lipinski definition) is 20. The first-order valence-electron chi connectivity index (χ1n) is 22.0. The number of carbonyl (C=O) groups excluding carboxylic acids is 6. The minimum Gasteiger partial charge on any atom is -0.507 e. The monoisotopic (exact) mass is 1040 g/mol. The molecule has 2 amide bonds. The van der Waals surface area contributed by atoms with Crippen molar-refractivity contribution in [3.05, 3.63) is 51.6 Å². The summed E-state index contributed by atoms with van der Waals surface area (Å²) in [5, 5.41) is 52.7. The molecule has 2 fully saturated rings. The average Bonchev–Trinajstić information content (AvgIpc) is 3.54. The van der Waals surface area contributed by atoms with Crippen LogP contribution in [-0.4, -0.2) is 164 Å². The van der Waals surface area contributed by atoms with E-state index in [-0.39, 0.29) is 71.7 Å². The average molecular weight is 1040 g/mol. The van der Waals surface area contributed by atoms with Crippen molar-refractivity contribution in [2.75, 3.05) is 32.6 Å². The minimum atomic E-state index is -5.63. The molecule has 27 heteroatoms. The van der Waals surface area contributed by atoms with Crippen LogP contribution in [-0.2, 0) is 48.9 Å². The number of nitrogens with zero attached hydrogens (tertiary/aromatic N) is 2. The van der Waals surface area contributed by atoms with Crippen LogP contribution in [0.2, 0.25) is 0 Å². The maximum absolute atomic E-state index is 14.0. The zero-order chi connectivity index (χ0) is 51.8. The van der Waals surface area contributed by atoms with Gasteiger partial charge < -0.3 is 69.8 Å². The normalized spacial score (nSPS) is 25.1. The summed E-state index contributed by atoms with van der Waals surface area (Å²) >= 11 is 0.874. The molecule has 11 N–H and O–H groups in total. The molecule has 2 saturated heterocycles. The number of rotatable bonds is 20. The van der Waals surface area contributed by atoms with Crippen LogP contribution >= 0.6 is 27.0 Å². The second-order valence-electron chi connectivity index (χ2n) is 17.5. The van der Waals surface area contributed by atoms with Crippen LogP contribution in [0.4, 0.5) is 0 Å². The summed E-state index contributed by atoms with van der Waals surface area (Å²) in [6.45, 7) is 0.547. The number of aliphatic hydroxyl groups excluding tert-OH is 2. The van der Waals surface area contributed by atoms with Gasteiger partial charge in [-0.1, -0.05) is 18.6 Å². The van der Waals surface area contributed by atoms with Crippen LogP contribution in [0.1, 0.15) is 114 Å². The molecular formula is C43H55N3O21P2S. The number of phenolic OH excluding ortho intramolecular Hbond substituents is 2. The van der Waals surface area contributed by atoms with E-state index in [1.54, 1.807) is 6.92 Å². The standard InChI is InChI=1S/C43H55N3O21P2S/c1-20-36(51)24(44)14-31(65-20)66-26-17-43(57,16-23-33(26)40(55)35-34(38(23)53)37(52)22-9-7-10-25(64-3)32(22)39(35)54)28(19-47)45-18-21(48)8-5-4-6-12-46-29(49)15-27(41(46)56)70-13-11-30(50)67-42(2,68(58,59)60)69(61,62)63/h7,9-10,20,24,26-27,31,36,47,51,53,55,57H,4-6,8,11-19,44H2,1-3H3,(H2,58,59,60)(H2,61,62,63)/t20?,24?,26-,27?,31-,36?,43?/m1/s1. The number of phenols is 2. The first-order valence-corrected chi connectivity index (χ1v) is 26.3. The molecule has 24 nitrogen and oxygen atoms in total. The molecule has 5 unspecified atom stereocenters. The molecule has 0 radical (unpaired) electrons. The van der Waals surface area contributed by atoms with Crippen LogP contribution in [0.5, 0.6) is 17.2 Å². The third kappa shape index (κ3) is 10.8. The second-order valence-corrected chi connectivity index (χ2v) is 23.1. The highest BCUT2D eigenvalue weighted by Gasteiger charge is 2.60. The molecular weight excluding hydrogens is 988 g/mol. The Morgan fingerprint density at radius 2 is 1.67 bits per heavy atom. The lowest BCUT2D eigenvalue weighted by atomic mass is 9.71. The number of imide groups is 1. The number of aliphatic imine (C=N–C) groups is 1. The number of likely N-dealkylation sites (tertiary alicyclic amines) is 1. The number of hydrogen-bond donors (Lipinski definition) is 10. The molecule has 0 saturated carbocycles. The number of carbonyl (C=O) groups is 6. The number of aliphatic hydroxyl groups is 3.